The second-order valence-electron chi connectivity index (χ2n) is 14.5. The minimum atomic E-state index is -1.45. The fourth-order valence-electron chi connectivity index (χ4n) is 9.60. The molecule has 9 atom stereocenters. The lowest BCUT2D eigenvalue weighted by molar-refractivity contribution is -0.148. The third-order valence-electron chi connectivity index (χ3n) is 11.7. The summed E-state index contributed by atoms with van der Waals surface area (Å²) in [5.74, 6) is 1.57. The smallest absolute Gasteiger partial charge is 0.326 e. The number of nitrogens with one attached hydrogen (secondary N) is 1. The van der Waals surface area contributed by atoms with E-state index in [0.717, 1.165) is 61.2 Å². The van der Waals surface area contributed by atoms with Crippen LogP contribution in [0, 0.1) is 46.3 Å². The second-order valence-corrected chi connectivity index (χ2v) is 14.5. The number of aliphatic carboxylic acids is 2. The van der Waals surface area contributed by atoms with Crippen molar-refractivity contribution < 1.29 is 29.3 Å². The van der Waals surface area contributed by atoms with Crippen LogP contribution in [0.1, 0.15) is 112 Å². The van der Waals surface area contributed by atoms with Gasteiger partial charge in [0, 0.05) is 0 Å². The number of amides is 1. The Morgan fingerprint density at radius 3 is 2.45 bits per heavy atom. The molecule has 40 heavy (non-hydrogen) atoms. The van der Waals surface area contributed by atoms with Gasteiger partial charge in [0.25, 0.3) is 0 Å². The summed E-state index contributed by atoms with van der Waals surface area (Å²) in [7, 11) is 0. The third-order valence-corrected chi connectivity index (χ3v) is 11.7. The maximum Gasteiger partial charge on any atom is 0.326 e. The normalized spacial score (nSPS) is 36.5. The first-order chi connectivity index (χ1) is 18.8. The van der Waals surface area contributed by atoms with Gasteiger partial charge in [-0.15, -0.1) is 0 Å². The van der Waals surface area contributed by atoms with E-state index in [0.29, 0.717) is 5.41 Å². The molecule has 7 nitrogen and oxygen atoms in total. The fraction of sp³-hybridized carbons (Fsp3) is 0.848. The molecule has 0 heterocycles. The van der Waals surface area contributed by atoms with E-state index < -0.39 is 30.3 Å². The molecule has 4 aliphatic carbocycles. The van der Waals surface area contributed by atoms with Crippen LogP contribution in [0.25, 0.3) is 0 Å². The Bertz CT molecular complexity index is 976. The fourth-order valence-corrected chi connectivity index (χ4v) is 9.60. The highest BCUT2D eigenvalue weighted by atomic mass is 16.5. The standard InChI is InChI=1S/C33H53NO6/c1-20(2)7-6-8-21(3)25-11-12-26-24-10-9-22-17-23(13-15-32(22,4)27(24)14-16-33(25,26)5)40-19-29(35)34-28(31(38)39)18-30(36)37/h9,20-21,23-28H,6-8,10-19H2,1-5H3,(H,34,35)(H,36,37)(H,38,39)/t21-,23+,24+,25-,26+,27+,28?,32+,33-/m1/s1. The Balaban J connectivity index is 1.34. The van der Waals surface area contributed by atoms with E-state index in [1.54, 1.807) is 0 Å². The summed E-state index contributed by atoms with van der Waals surface area (Å²) in [6.45, 7) is 12.1. The molecule has 0 aromatic heterocycles. The molecule has 0 bridgehead atoms. The average molecular weight is 560 g/mol. The van der Waals surface area contributed by atoms with E-state index in [1.807, 2.05) is 0 Å². The molecule has 226 valence electrons. The number of carboxylic acid groups (broad SMARTS) is 2. The van der Waals surface area contributed by atoms with Crippen LogP contribution in [0.15, 0.2) is 11.6 Å². The lowest BCUT2D eigenvalue weighted by atomic mass is 9.47. The molecule has 3 N–H and O–H groups in total. The summed E-state index contributed by atoms with van der Waals surface area (Å²) < 4.78 is 5.94. The van der Waals surface area contributed by atoms with Crippen LogP contribution in [0.2, 0.25) is 0 Å². The molecule has 3 fully saturated rings. The van der Waals surface area contributed by atoms with Crippen LogP contribution < -0.4 is 5.32 Å². The first-order valence-corrected chi connectivity index (χ1v) is 15.9. The van der Waals surface area contributed by atoms with Crippen molar-refractivity contribution in [1.82, 2.24) is 5.32 Å². The minimum Gasteiger partial charge on any atom is -0.481 e. The Kier molecular flexibility index (Phi) is 9.74. The highest BCUT2D eigenvalue weighted by Gasteiger charge is 2.59. The lowest BCUT2D eigenvalue weighted by Gasteiger charge is -2.58. The molecular formula is C33H53NO6. The Morgan fingerprint density at radius 2 is 1.77 bits per heavy atom. The largest absolute Gasteiger partial charge is 0.481 e. The maximum absolute atomic E-state index is 12.3. The van der Waals surface area contributed by atoms with Gasteiger partial charge in [-0.3, -0.25) is 9.59 Å². The van der Waals surface area contributed by atoms with Gasteiger partial charge in [0.2, 0.25) is 5.91 Å². The Morgan fingerprint density at radius 1 is 1.02 bits per heavy atom. The van der Waals surface area contributed by atoms with Gasteiger partial charge in [-0.1, -0.05) is 65.5 Å². The molecule has 0 saturated heterocycles. The van der Waals surface area contributed by atoms with Crippen molar-refractivity contribution in [3.63, 3.8) is 0 Å². The number of fused-ring (bicyclic) bond motifs is 5. The van der Waals surface area contributed by atoms with Gasteiger partial charge >= 0.3 is 11.9 Å². The van der Waals surface area contributed by atoms with E-state index in [9.17, 15) is 19.5 Å². The van der Waals surface area contributed by atoms with E-state index in [2.05, 4.69) is 46.0 Å². The van der Waals surface area contributed by atoms with Crippen LogP contribution in [0.5, 0.6) is 0 Å². The van der Waals surface area contributed by atoms with Gasteiger partial charge < -0.3 is 20.3 Å². The third kappa shape index (κ3) is 6.44. The second kappa shape index (κ2) is 12.5. The molecule has 1 unspecified atom stereocenters. The summed E-state index contributed by atoms with van der Waals surface area (Å²) >= 11 is 0. The molecule has 0 aliphatic heterocycles. The van der Waals surface area contributed by atoms with Crippen LogP contribution in [-0.2, 0) is 19.1 Å². The van der Waals surface area contributed by atoms with Gasteiger partial charge in [-0.2, -0.15) is 0 Å². The number of hydrogen-bond donors (Lipinski definition) is 3. The van der Waals surface area contributed by atoms with Crippen molar-refractivity contribution in [3.8, 4) is 0 Å². The Hall–Kier alpha value is -1.89. The Labute approximate surface area is 240 Å². The topological polar surface area (TPSA) is 113 Å². The summed E-state index contributed by atoms with van der Waals surface area (Å²) in [6.07, 6.45) is 15.2. The first-order valence-electron chi connectivity index (χ1n) is 15.9. The minimum absolute atomic E-state index is 0.0687. The highest BCUT2D eigenvalue weighted by molar-refractivity contribution is 5.87. The van der Waals surface area contributed by atoms with Gasteiger partial charge in [-0.25, -0.2) is 4.79 Å². The van der Waals surface area contributed by atoms with Gasteiger partial charge in [0.05, 0.1) is 12.5 Å². The molecule has 7 heteroatoms. The van der Waals surface area contributed by atoms with Gasteiger partial charge in [0.1, 0.15) is 12.6 Å². The molecule has 0 spiro atoms. The van der Waals surface area contributed by atoms with Crippen molar-refractivity contribution in [2.75, 3.05) is 6.61 Å². The first kappa shape index (κ1) is 31.1. The lowest BCUT2D eigenvalue weighted by Crippen LogP contribution is -2.51. The molecular weight excluding hydrogens is 506 g/mol. The summed E-state index contributed by atoms with van der Waals surface area (Å²) in [5, 5.41) is 20.4. The summed E-state index contributed by atoms with van der Waals surface area (Å²) in [5.41, 5.74) is 2.16. The zero-order chi connectivity index (χ0) is 29.2. The van der Waals surface area contributed by atoms with Crippen molar-refractivity contribution >= 4 is 17.8 Å². The van der Waals surface area contributed by atoms with Crippen molar-refractivity contribution in [2.45, 2.75) is 124 Å². The summed E-state index contributed by atoms with van der Waals surface area (Å²) in [4.78, 5) is 34.5. The number of allylic oxidation sites excluding steroid dienone is 1. The highest BCUT2D eigenvalue weighted by Crippen LogP contribution is 2.67. The molecule has 3 saturated carbocycles. The van der Waals surface area contributed by atoms with E-state index in [1.165, 1.54) is 50.5 Å². The zero-order valence-corrected chi connectivity index (χ0v) is 25.4. The molecule has 0 aromatic carbocycles. The number of carbonyl (C=O) groups is 3. The number of carboxylic acids is 2. The van der Waals surface area contributed by atoms with Crippen LogP contribution in [-0.4, -0.2) is 46.8 Å². The van der Waals surface area contributed by atoms with E-state index in [4.69, 9.17) is 9.84 Å². The number of carbonyl (C=O) groups excluding carboxylic acids is 1. The van der Waals surface area contributed by atoms with Gasteiger partial charge in [0.15, 0.2) is 0 Å². The van der Waals surface area contributed by atoms with Crippen molar-refractivity contribution in [3.05, 3.63) is 11.6 Å². The summed E-state index contributed by atoms with van der Waals surface area (Å²) in [6, 6.07) is -1.45. The maximum atomic E-state index is 12.3. The van der Waals surface area contributed by atoms with Crippen LogP contribution >= 0.6 is 0 Å². The van der Waals surface area contributed by atoms with E-state index >= 15 is 0 Å². The van der Waals surface area contributed by atoms with Crippen LogP contribution in [0.3, 0.4) is 0 Å². The quantitative estimate of drug-likeness (QED) is 0.237. The molecule has 4 rings (SSSR count). The SMILES string of the molecule is CC(C)CCC[C@@H](C)[C@H]1CC[C@H]2[C@@H]3CC=C4C[C@@H](OCC(=O)NC(CC(=O)O)C(=O)O)CC[C@]4(C)[C@H]3CC[C@]12C. The van der Waals surface area contributed by atoms with E-state index in [-0.39, 0.29) is 18.1 Å². The predicted molar refractivity (Wildman–Crippen MR) is 155 cm³/mol. The molecule has 1 amide bonds. The van der Waals surface area contributed by atoms with Crippen LogP contribution in [0.4, 0.5) is 0 Å². The number of ether oxygens (including phenoxy) is 1. The molecule has 4 aliphatic rings. The monoisotopic (exact) mass is 559 g/mol. The number of rotatable bonds is 12. The average Bonchev–Trinajstić information content (AvgIpc) is 3.23. The predicted octanol–water partition coefficient (Wildman–Crippen LogP) is 6.46. The van der Waals surface area contributed by atoms with Crippen molar-refractivity contribution in [2.24, 2.45) is 46.3 Å². The zero-order valence-electron chi connectivity index (χ0n) is 25.4. The molecule has 0 radical (unpaired) electrons. The van der Waals surface area contributed by atoms with Crippen molar-refractivity contribution in [1.29, 1.82) is 0 Å². The van der Waals surface area contributed by atoms with Gasteiger partial charge in [-0.05, 0) is 97.7 Å². The molecule has 0 aromatic rings. The number of hydrogen-bond acceptors (Lipinski definition) is 4.